The predicted molar refractivity (Wildman–Crippen MR) is 176 cm³/mol. The largest absolute Gasteiger partial charge is 0.493 e. The van der Waals surface area contributed by atoms with E-state index in [4.69, 9.17) is 13.9 Å². The third kappa shape index (κ3) is 7.46. The number of hydrogen-bond donors (Lipinski definition) is 4. The number of alkyl halides is 3. The maximum atomic E-state index is 14.7. The van der Waals surface area contributed by atoms with E-state index in [1.807, 2.05) is 0 Å². The summed E-state index contributed by atoms with van der Waals surface area (Å²) < 4.78 is 75.1. The third-order valence-corrected chi connectivity index (χ3v) is 13.8. The number of methoxy groups -OCH3 is 1. The van der Waals surface area contributed by atoms with Gasteiger partial charge in [0.05, 0.1) is 43.9 Å². The highest BCUT2D eigenvalue weighted by Gasteiger charge is 2.57. The topological polar surface area (TPSA) is 122 Å². The lowest BCUT2D eigenvalue weighted by molar-refractivity contribution is -0.265. The first-order valence-electron chi connectivity index (χ1n) is 15.4. The number of fused-ring (bicyclic) bond motifs is 1. The molecule has 0 saturated carbocycles. The average molecular weight is 694 g/mol. The number of aromatic nitrogens is 1. The van der Waals surface area contributed by atoms with Gasteiger partial charge in [0.25, 0.3) is 5.91 Å². The van der Waals surface area contributed by atoms with Crippen molar-refractivity contribution in [2.45, 2.75) is 63.0 Å². The van der Waals surface area contributed by atoms with E-state index in [-0.39, 0.29) is 35.2 Å². The van der Waals surface area contributed by atoms with Crippen LogP contribution in [-0.4, -0.2) is 75.6 Å². The minimum Gasteiger partial charge on any atom is -0.493 e. The van der Waals surface area contributed by atoms with E-state index in [2.05, 4.69) is 49.5 Å². The van der Waals surface area contributed by atoms with E-state index in [0.29, 0.717) is 29.2 Å². The van der Waals surface area contributed by atoms with Gasteiger partial charge in [0, 0.05) is 23.1 Å². The van der Waals surface area contributed by atoms with Gasteiger partial charge in [-0.05, 0) is 72.2 Å². The lowest BCUT2D eigenvalue weighted by atomic mass is 9.83. The number of carbonyl (C=O) groups is 1. The van der Waals surface area contributed by atoms with Crippen LogP contribution in [0, 0.1) is 5.82 Å². The van der Waals surface area contributed by atoms with Crippen molar-refractivity contribution < 1.29 is 46.5 Å². The van der Waals surface area contributed by atoms with Gasteiger partial charge in [0.15, 0.2) is 19.8 Å². The maximum absolute atomic E-state index is 14.7. The lowest BCUT2D eigenvalue weighted by Crippen LogP contribution is -2.51. The summed E-state index contributed by atoms with van der Waals surface area (Å²) in [5.41, 5.74) is -4.50. The summed E-state index contributed by atoms with van der Waals surface area (Å²) in [4.78, 5) is 17.4. The van der Waals surface area contributed by atoms with Gasteiger partial charge in [-0.25, -0.2) is 9.37 Å². The van der Waals surface area contributed by atoms with Crippen LogP contribution >= 0.6 is 0 Å². The molecule has 0 fully saturated rings. The molecule has 48 heavy (non-hydrogen) atoms. The molecule has 0 aliphatic carbocycles. The molecule has 2 atom stereocenters. The number of hydrogen-bond acceptors (Lipinski definition) is 8. The van der Waals surface area contributed by atoms with E-state index in [9.17, 15) is 32.6 Å². The van der Waals surface area contributed by atoms with Crippen LogP contribution in [0.25, 0.3) is 11.3 Å². The second-order valence-corrected chi connectivity index (χ2v) is 18.5. The zero-order chi connectivity index (χ0) is 35.7. The van der Waals surface area contributed by atoms with E-state index < -0.39 is 56.1 Å². The maximum Gasteiger partial charge on any atom is 0.424 e. The summed E-state index contributed by atoms with van der Waals surface area (Å²) in [5, 5.41) is 26.7. The molecule has 4 N–H and O–H groups in total. The molecule has 14 heteroatoms. The third-order valence-electron chi connectivity index (χ3n) is 9.22. The van der Waals surface area contributed by atoms with Crippen LogP contribution in [0.2, 0.25) is 18.1 Å². The Bertz CT molecular complexity index is 1630. The number of halogens is 4. The van der Waals surface area contributed by atoms with Crippen molar-refractivity contribution >= 4 is 19.9 Å². The first-order valence-corrected chi connectivity index (χ1v) is 18.4. The van der Waals surface area contributed by atoms with Crippen molar-refractivity contribution in [1.29, 1.82) is 0 Å². The zero-order valence-corrected chi connectivity index (χ0v) is 29.1. The van der Waals surface area contributed by atoms with Crippen LogP contribution < -0.4 is 20.1 Å². The van der Waals surface area contributed by atoms with Crippen molar-refractivity contribution in [2.24, 2.45) is 0 Å². The Morgan fingerprint density at radius 3 is 2.31 bits per heavy atom. The number of rotatable bonds is 12. The Morgan fingerprint density at radius 1 is 1.06 bits per heavy atom. The SMILES string of the molecule is COc1cc(C(=O)NCC(O)(c2cc3c(c(-c4ccc(F)cc4)n2)NC[C@]3(C)CO)C(F)(F)F)ccc1OCCO[Si](C)(C)C(C)(C)C. The molecule has 1 unspecified atom stereocenters. The normalized spacial score (nSPS) is 17.7. The Morgan fingerprint density at radius 2 is 1.73 bits per heavy atom. The molecule has 2 aromatic carbocycles. The molecular weight excluding hydrogens is 650 g/mol. The minimum absolute atomic E-state index is 0.0245. The number of pyridine rings is 1. The molecule has 0 saturated heterocycles. The molecule has 0 radical (unpaired) electrons. The van der Waals surface area contributed by atoms with Crippen molar-refractivity contribution in [3.63, 3.8) is 0 Å². The van der Waals surface area contributed by atoms with E-state index in [1.165, 1.54) is 37.4 Å². The van der Waals surface area contributed by atoms with Crippen LogP contribution in [0.5, 0.6) is 11.5 Å². The highest BCUT2D eigenvalue weighted by molar-refractivity contribution is 6.74. The van der Waals surface area contributed by atoms with Crippen molar-refractivity contribution in [2.75, 3.05) is 45.3 Å². The summed E-state index contributed by atoms with van der Waals surface area (Å²) in [5.74, 6) is -0.969. The Hall–Kier alpha value is -3.72. The second-order valence-electron chi connectivity index (χ2n) is 13.7. The van der Waals surface area contributed by atoms with Crippen LogP contribution in [0.15, 0.2) is 48.5 Å². The number of carbonyl (C=O) groups excluding carboxylic acids is 1. The number of amides is 1. The van der Waals surface area contributed by atoms with E-state index in [1.54, 1.807) is 6.92 Å². The molecule has 0 spiro atoms. The first-order chi connectivity index (χ1) is 22.3. The van der Waals surface area contributed by atoms with Crippen molar-refractivity contribution in [1.82, 2.24) is 10.3 Å². The van der Waals surface area contributed by atoms with Crippen molar-refractivity contribution in [3.8, 4) is 22.8 Å². The molecule has 262 valence electrons. The summed E-state index contributed by atoms with van der Waals surface area (Å²) in [6, 6.07) is 10.2. The highest BCUT2D eigenvalue weighted by atomic mass is 28.4. The van der Waals surface area contributed by atoms with Crippen molar-refractivity contribution in [3.05, 3.63) is 71.2 Å². The number of ether oxygens (including phenoxy) is 2. The van der Waals surface area contributed by atoms with Gasteiger partial charge in [-0.1, -0.05) is 27.7 Å². The molecule has 3 aromatic rings. The number of benzene rings is 2. The fraction of sp³-hybridized carbons (Fsp3) is 0.471. The van der Waals surface area contributed by atoms with Gasteiger partial charge in [-0.3, -0.25) is 4.79 Å². The van der Waals surface area contributed by atoms with Crippen LogP contribution in [-0.2, 0) is 15.4 Å². The predicted octanol–water partition coefficient (Wildman–Crippen LogP) is 6.15. The lowest BCUT2D eigenvalue weighted by Gasteiger charge is -2.36. The summed E-state index contributed by atoms with van der Waals surface area (Å²) in [6.07, 6.45) is -5.29. The standard InChI is InChI=1S/C34H43F4N3O6Si/c1-31(2,3)48(6,7)47-15-14-46-25-13-10-22(16-26(25)45-5)30(43)40-19-33(44,34(36,37)38)27-17-24-29(39-18-32(24,4)20-42)28(41-27)21-8-11-23(35)12-9-21/h8-13,16-17,39,42,44H,14-15,18-20H2,1-7H3,(H,40,43)/t32-,33?/m1/s1. The molecular formula is C34H43F4N3O6Si. The highest BCUT2D eigenvalue weighted by Crippen LogP contribution is 2.46. The molecule has 2 heterocycles. The molecule has 9 nitrogen and oxygen atoms in total. The fourth-order valence-corrected chi connectivity index (χ4v) is 6.01. The Labute approximate surface area is 278 Å². The van der Waals surface area contributed by atoms with Gasteiger partial charge in [0.1, 0.15) is 12.4 Å². The molecule has 1 amide bonds. The molecule has 0 bridgehead atoms. The minimum atomic E-state index is -5.29. The molecule has 1 aromatic heterocycles. The van der Waals surface area contributed by atoms with Gasteiger partial charge < -0.3 is 34.7 Å². The first kappa shape index (κ1) is 37.1. The van der Waals surface area contributed by atoms with E-state index in [0.717, 1.165) is 18.2 Å². The van der Waals surface area contributed by atoms with E-state index >= 15 is 0 Å². The summed E-state index contributed by atoms with van der Waals surface area (Å²) in [7, 11) is -0.619. The number of nitrogens with one attached hydrogen (secondary N) is 2. The van der Waals surface area contributed by atoms with Gasteiger partial charge in [0.2, 0.25) is 5.60 Å². The summed E-state index contributed by atoms with van der Waals surface area (Å²) >= 11 is 0. The number of aliphatic hydroxyl groups is 2. The Balaban J connectivity index is 1.59. The average Bonchev–Trinajstić information content (AvgIpc) is 3.37. The molecule has 1 aliphatic heterocycles. The Kier molecular flexibility index (Phi) is 10.6. The second kappa shape index (κ2) is 13.7. The van der Waals surface area contributed by atoms with Gasteiger partial charge in [-0.2, -0.15) is 13.2 Å². The van der Waals surface area contributed by atoms with Gasteiger partial charge in [-0.15, -0.1) is 0 Å². The zero-order valence-electron chi connectivity index (χ0n) is 28.1. The molecule has 1 aliphatic rings. The quantitative estimate of drug-likeness (QED) is 0.101. The van der Waals surface area contributed by atoms with Gasteiger partial charge >= 0.3 is 6.18 Å². The number of aliphatic hydroxyl groups excluding tert-OH is 1. The number of anilines is 1. The summed E-state index contributed by atoms with van der Waals surface area (Å²) in [6.45, 7) is 11.3. The smallest absolute Gasteiger partial charge is 0.424 e. The monoisotopic (exact) mass is 693 g/mol. The van der Waals surface area contributed by atoms with Crippen LogP contribution in [0.4, 0.5) is 23.2 Å². The fourth-order valence-electron chi connectivity index (χ4n) is 4.99. The molecule has 4 rings (SSSR count). The van der Waals surface area contributed by atoms with Crippen LogP contribution in [0.3, 0.4) is 0 Å². The number of nitrogens with zero attached hydrogens (tertiary/aromatic N) is 1. The van der Waals surface area contributed by atoms with Crippen LogP contribution in [0.1, 0.15) is 49.3 Å².